The van der Waals surface area contributed by atoms with Crippen molar-refractivity contribution in [1.29, 1.82) is 0 Å². The molecule has 0 bridgehead atoms. The highest BCUT2D eigenvalue weighted by atomic mass is 32.2. The molecule has 2 heteroatoms. The van der Waals surface area contributed by atoms with Gasteiger partial charge >= 0.3 is 0 Å². The van der Waals surface area contributed by atoms with Gasteiger partial charge in [0.15, 0.2) is 0 Å². The Morgan fingerprint density at radius 3 is 2.06 bits per heavy atom. The molecule has 0 N–H and O–H groups in total. The van der Waals surface area contributed by atoms with Gasteiger partial charge in [-0.05, 0) is 24.3 Å². The van der Waals surface area contributed by atoms with Gasteiger partial charge in [0.05, 0.1) is 5.88 Å². The van der Waals surface area contributed by atoms with Crippen LogP contribution in [0.5, 0.6) is 0 Å². The molecule has 0 saturated carbocycles. The van der Waals surface area contributed by atoms with E-state index < -0.39 is 0 Å². The Hall–Kier alpha value is -1.41. The molecule has 0 aromatic heterocycles. The van der Waals surface area contributed by atoms with Gasteiger partial charge in [-0.1, -0.05) is 36.4 Å². The van der Waals surface area contributed by atoms with Gasteiger partial charge in [-0.2, -0.15) is 0 Å². The fraction of sp³-hybridized carbons (Fsp3) is 0.143. The summed E-state index contributed by atoms with van der Waals surface area (Å²) < 4.78 is 0. The van der Waals surface area contributed by atoms with Crippen LogP contribution in [0.4, 0.5) is 5.69 Å². The van der Waals surface area contributed by atoms with Crippen LogP contribution in [0.3, 0.4) is 0 Å². The van der Waals surface area contributed by atoms with Crippen LogP contribution in [0.2, 0.25) is 0 Å². The summed E-state index contributed by atoms with van der Waals surface area (Å²) in [6.45, 7) is 0. The van der Waals surface area contributed by atoms with E-state index in [9.17, 15) is 0 Å². The molecule has 0 radical (unpaired) electrons. The Balaban J connectivity index is 1.92. The summed E-state index contributed by atoms with van der Waals surface area (Å²) in [6.07, 6.45) is 0. The van der Waals surface area contributed by atoms with E-state index in [0.717, 1.165) is 5.88 Å². The number of para-hydroxylation sites is 1. The number of nitrogens with zero attached hydrogens (tertiary/aromatic N) is 1. The number of thioether (sulfide) groups is 1. The first kappa shape index (κ1) is 11.1. The summed E-state index contributed by atoms with van der Waals surface area (Å²) in [5, 5.41) is 0. The predicted molar refractivity (Wildman–Crippen MR) is 72.0 cm³/mol. The van der Waals surface area contributed by atoms with Crippen molar-refractivity contribution in [3.8, 4) is 0 Å². The SMILES string of the molecule is CN(CSc1ccccc1)c1ccccc1. The molecule has 82 valence electrons. The third-order valence-electron chi connectivity index (χ3n) is 2.37. The van der Waals surface area contributed by atoms with E-state index in [4.69, 9.17) is 0 Å². The molecule has 2 aromatic carbocycles. The van der Waals surface area contributed by atoms with Crippen molar-refractivity contribution >= 4 is 17.4 Å². The number of anilines is 1. The predicted octanol–water partition coefficient (Wildman–Crippen LogP) is 3.87. The van der Waals surface area contributed by atoms with Crippen LogP contribution in [0, 0.1) is 0 Å². The summed E-state index contributed by atoms with van der Waals surface area (Å²) in [6, 6.07) is 20.9. The molecule has 0 aliphatic rings. The number of benzene rings is 2. The highest BCUT2D eigenvalue weighted by Gasteiger charge is 1.99. The van der Waals surface area contributed by atoms with E-state index in [-0.39, 0.29) is 0 Å². The van der Waals surface area contributed by atoms with Crippen LogP contribution in [0.25, 0.3) is 0 Å². The highest BCUT2D eigenvalue weighted by Crippen LogP contribution is 2.20. The lowest BCUT2D eigenvalue weighted by Gasteiger charge is -2.18. The molecule has 0 fully saturated rings. The minimum Gasteiger partial charge on any atom is -0.365 e. The maximum Gasteiger partial charge on any atom is 0.0682 e. The highest BCUT2D eigenvalue weighted by molar-refractivity contribution is 7.99. The van der Waals surface area contributed by atoms with Gasteiger partial charge in [0.1, 0.15) is 0 Å². The summed E-state index contributed by atoms with van der Waals surface area (Å²) in [7, 11) is 2.12. The smallest absolute Gasteiger partial charge is 0.0682 e. The average molecular weight is 229 g/mol. The van der Waals surface area contributed by atoms with Crippen molar-refractivity contribution in [3.63, 3.8) is 0 Å². The first-order valence-electron chi connectivity index (χ1n) is 5.30. The normalized spacial score (nSPS) is 10.1. The van der Waals surface area contributed by atoms with Gasteiger partial charge in [-0.25, -0.2) is 0 Å². The van der Waals surface area contributed by atoms with Gasteiger partial charge in [-0.3, -0.25) is 0 Å². The van der Waals surface area contributed by atoms with Crippen LogP contribution in [-0.4, -0.2) is 12.9 Å². The van der Waals surface area contributed by atoms with Crippen molar-refractivity contribution in [2.45, 2.75) is 4.90 Å². The molecule has 0 atom stereocenters. The second kappa shape index (κ2) is 5.61. The maximum atomic E-state index is 2.25. The van der Waals surface area contributed by atoms with Crippen LogP contribution >= 0.6 is 11.8 Å². The van der Waals surface area contributed by atoms with Crippen LogP contribution in [-0.2, 0) is 0 Å². The second-order valence-corrected chi connectivity index (χ2v) is 4.64. The number of rotatable bonds is 4. The maximum absolute atomic E-state index is 2.25. The largest absolute Gasteiger partial charge is 0.365 e. The third kappa shape index (κ3) is 3.04. The Morgan fingerprint density at radius 2 is 1.44 bits per heavy atom. The molecule has 0 saturated heterocycles. The average Bonchev–Trinajstić information content (AvgIpc) is 2.38. The Morgan fingerprint density at radius 1 is 0.875 bits per heavy atom. The second-order valence-electron chi connectivity index (χ2n) is 3.62. The molecule has 2 rings (SSSR count). The van der Waals surface area contributed by atoms with Gasteiger partial charge < -0.3 is 4.90 Å². The lowest BCUT2D eigenvalue weighted by molar-refractivity contribution is 1.09. The van der Waals surface area contributed by atoms with Crippen LogP contribution in [0.1, 0.15) is 0 Å². The van der Waals surface area contributed by atoms with E-state index in [1.165, 1.54) is 10.6 Å². The molecule has 0 amide bonds. The zero-order chi connectivity index (χ0) is 11.2. The molecular weight excluding hydrogens is 214 g/mol. The van der Waals surface area contributed by atoms with Gasteiger partial charge in [0.25, 0.3) is 0 Å². The molecule has 0 aliphatic carbocycles. The topological polar surface area (TPSA) is 3.24 Å². The first-order valence-corrected chi connectivity index (χ1v) is 6.29. The molecular formula is C14H15NS. The monoisotopic (exact) mass is 229 g/mol. The van der Waals surface area contributed by atoms with Crippen LogP contribution < -0.4 is 4.90 Å². The molecule has 16 heavy (non-hydrogen) atoms. The van der Waals surface area contributed by atoms with E-state index in [1.807, 2.05) is 23.9 Å². The van der Waals surface area contributed by atoms with Crippen molar-refractivity contribution in [3.05, 3.63) is 60.7 Å². The molecule has 0 unspecified atom stereocenters. The lowest BCUT2D eigenvalue weighted by atomic mass is 10.3. The fourth-order valence-electron chi connectivity index (χ4n) is 1.45. The quantitative estimate of drug-likeness (QED) is 0.578. The molecule has 0 heterocycles. The summed E-state index contributed by atoms with van der Waals surface area (Å²) in [5.74, 6) is 0.966. The lowest BCUT2D eigenvalue weighted by Crippen LogP contribution is -2.15. The summed E-state index contributed by atoms with van der Waals surface area (Å²) in [4.78, 5) is 3.56. The van der Waals surface area contributed by atoms with Crippen LogP contribution in [0.15, 0.2) is 65.6 Å². The zero-order valence-electron chi connectivity index (χ0n) is 9.34. The molecule has 2 aromatic rings. The Bertz CT molecular complexity index is 413. The fourth-order valence-corrected chi connectivity index (χ4v) is 2.29. The zero-order valence-corrected chi connectivity index (χ0v) is 10.2. The number of hydrogen-bond donors (Lipinski definition) is 0. The Kier molecular flexibility index (Phi) is 3.89. The van der Waals surface area contributed by atoms with E-state index in [1.54, 1.807) is 0 Å². The van der Waals surface area contributed by atoms with E-state index in [2.05, 4.69) is 60.5 Å². The third-order valence-corrected chi connectivity index (χ3v) is 3.49. The van der Waals surface area contributed by atoms with Crippen molar-refractivity contribution < 1.29 is 0 Å². The van der Waals surface area contributed by atoms with E-state index in [0.29, 0.717) is 0 Å². The van der Waals surface area contributed by atoms with Gasteiger partial charge in [0.2, 0.25) is 0 Å². The minimum atomic E-state index is 0.966. The standard InChI is InChI=1S/C14H15NS/c1-15(13-8-4-2-5-9-13)12-16-14-10-6-3-7-11-14/h2-11H,12H2,1H3. The van der Waals surface area contributed by atoms with Gasteiger partial charge in [0, 0.05) is 17.6 Å². The van der Waals surface area contributed by atoms with Crippen molar-refractivity contribution in [1.82, 2.24) is 0 Å². The first-order chi connectivity index (χ1) is 7.86. The molecule has 0 spiro atoms. The van der Waals surface area contributed by atoms with Gasteiger partial charge in [-0.15, -0.1) is 11.8 Å². The molecule has 0 aliphatic heterocycles. The molecule has 1 nitrogen and oxygen atoms in total. The van der Waals surface area contributed by atoms with Crippen molar-refractivity contribution in [2.24, 2.45) is 0 Å². The van der Waals surface area contributed by atoms with E-state index >= 15 is 0 Å². The summed E-state index contributed by atoms with van der Waals surface area (Å²) >= 11 is 1.85. The number of hydrogen-bond acceptors (Lipinski definition) is 2. The van der Waals surface area contributed by atoms with Crippen molar-refractivity contribution in [2.75, 3.05) is 17.8 Å². The summed E-state index contributed by atoms with van der Waals surface area (Å²) in [5.41, 5.74) is 1.26. The Labute approximate surface area is 101 Å². The minimum absolute atomic E-state index is 0.966.